The van der Waals surface area contributed by atoms with E-state index in [4.69, 9.17) is 4.74 Å². The molecule has 0 radical (unpaired) electrons. The second-order valence-corrected chi connectivity index (χ2v) is 8.33. The number of benzene rings is 1. The summed E-state index contributed by atoms with van der Waals surface area (Å²) in [4.78, 5) is 12.4. The van der Waals surface area contributed by atoms with E-state index in [2.05, 4.69) is 29.4 Å². The first-order valence-electron chi connectivity index (χ1n) is 10.2. The van der Waals surface area contributed by atoms with Crippen LogP contribution in [0.15, 0.2) is 35.5 Å². The monoisotopic (exact) mass is 402 g/mol. The quantitative estimate of drug-likeness (QED) is 0.670. The number of ether oxygens (including phenoxy) is 1. The van der Waals surface area contributed by atoms with E-state index >= 15 is 0 Å². The second kappa shape index (κ2) is 9.96. The maximum absolute atomic E-state index is 12.4. The van der Waals surface area contributed by atoms with E-state index < -0.39 is 0 Å². The predicted molar refractivity (Wildman–Crippen MR) is 111 cm³/mol. The minimum Gasteiger partial charge on any atom is -0.483 e. The lowest BCUT2D eigenvalue weighted by Gasteiger charge is -2.29. The zero-order valence-corrected chi connectivity index (χ0v) is 17.7. The molecule has 0 aliphatic heterocycles. The van der Waals surface area contributed by atoms with Crippen molar-refractivity contribution in [1.29, 1.82) is 0 Å². The van der Waals surface area contributed by atoms with Crippen LogP contribution in [0.1, 0.15) is 58.4 Å². The lowest BCUT2D eigenvalue weighted by atomic mass is 9.86. The lowest BCUT2D eigenvalue weighted by Crippen LogP contribution is -2.41. The summed E-state index contributed by atoms with van der Waals surface area (Å²) in [7, 11) is 0. The van der Waals surface area contributed by atoms with Crippen LogP contribution in [0, 0.1) is 5.92 Å². The molecule has 1 fully saturated rings. The van der Waals surface area contributed by atoms with Gasteiger partial charge in [0, 0.05) is 12.6 Å². The van der Waals surface area contributed by atoms with Gasteiger partial charge in [-0.05, 0) is 44.7 Å². The van der Waals surface area contributed by atoms with Gasteiger partial charge in [0.05, 0.1) is 5.75 Å². The Kier molecular flexibility index (Phi) is 7.36. The van der Waals surface area contributed by atoms with Crippen LogP contribution in [0.5, 0.6) is 5.75 Å². The van der Waals surface area contributed by atoms with Crippen LogP contribution < -0.4 is 10.1 Å². The molecule has 152 valence electrons. The third-order valence-electron chi connectivity index (χ3n) is 5.27. The summed E-state index contributed by atoms with van der Waals surface area (Å²) < 4.78 is 8.00. The van der Waals surface area contributed by atoms with Gasteiger partial charge in [-0.25, -0.2) is 0 Å². The molecule has 1 aromatic heterocycles. The van der Waals surface area contributed by atoms with Crippen molar-refractivity contribution >= 4 is 17.7 Å². The fourth-order valence-corrected chi connectivity index (χ4v) is 4.49. The molecule has 3 rings (SSSR count). The van der Waals surface area contributed by atoms with Crippen LogP contribution in [0.3, 0.4) is 0 Å². The zero-order chi connectivity index (χ0) is 19.9. The Morgan fingerprint density at radius 2 is 2.04 bits per heavy atom. The van der Waals surface area contributed by atoms with E-state index in [9.17, 15) is 4.79 Å². The van der Waals surface area contributed by atoms with Crippen molar-refractivity contribution in [2.24, 2.45) is 5.92 Å². The SMILES string of the molecule is CCn1c(SCC(=O)N[C@@H]2CCCC[C@H]2C)nnc1[C@@H](C)Oc1ccccc1. The van der Waals surface area contributed by atoms with Crippen LogP contribution >= 0.6 is 11.8 Å². The highest BCUT2D eigenvalue weighted by atomic mass is 32.2. The molecular weight excluding hydrogens is 372 g/mol. The normalized spacial score (nSPS) is 20.5. The average Bonchev–Trinajstić information content (AvgIpc) is 3.12. The smallest absolute Gasteiger partial charge is 0.230 e. The van der Waals surface area contributed by atoms with Crippen molar-refractivity contribution < 1.29 is 9.53 Å². The number of amides is 1. The summed E-state index contributed by atoms with van der Waals surface area (Å²) in [5, 5.41) is 12.6. The molecule has 1 heterocycles. The van der Waals surface area contributed by atoms with Crippen molar-refractivity contribution in [3.8, 4) is 5.75 Å². The van der Waals surface area contributed by atoms with Crippen molar-refractivity contribution in [1.82, 2.24) is 20.1 Å². The first-order chi connectivity index (χ1) is 13.6. The summed E-state index contributed by atoms with van der Waals surface area (Å²) in [6.45, 7) is 6.98. The minimum absolute atomic E-state index is 0.0736. The van der Waals surface area contributed by atoms with Crippen molar-refractivity contribution in [3.05, 3.63) is 36.2 Å². The number of thioether (sulfide) groups is 1. The maximum atomic E-state index is 12.4. The molecule has 2 aromatic rings. The van der Waals surface area contributed by atoms with Gasteiger partial charge >= 0.3 is 0 Å². The standard InChI is InChI=1S/C21H30N4O2S/c1-4-25-20(16(3)27-17-11-6-5-7-12-17)23-24-21(25)28-14-19(26)22-18-13-9-8-10-15(18)2/h5-7,11-12,15-16,18H,4,8-10,13-14H2,1-3H3,(H,22,26)/t15-,16-,18-/m1/s1. The van der Waals surface area contributed by atoms with E-state index in [1.807, 2.05) is 41.8 Å². The molecule has 0 saturated heterocycles. The number of nitrogens with one attached hydrogen (secondary N) is 1. The summed E-state index contributed by atoms with van der Waals surface area (Å²) in [5.41, 5.74) is 0. The molecular formula is C21H30N4O2S. The molecule has 0 spiro atoms. The third kappa shape index (κ3) is 5.28. The highest BCUT2D eigenvalue weighted by molar-refractivity contribution is 7.99. The number of para-hydroxylation sites is 1. The van der Waals surface area contributed by atoms with Crippen LogP contribution in [-0.2, 0) is 11.3 Å². The van der Waals surface area contributed by atoms with Crippen LogP contribution in [-0.4, -0.2) is 32.5 Å². The van der Waals surface area contributed by atoms with E-state index in [1.165, 1.54) is 31.0 Å². The molecule has 3 atom stereocenters. The maximum Gasteiger partial charge on any atom is 0.230 e. The summed E-state index contributed by atoms with van der Waals surface area (Å²) in [6, 6.07) is 10.0. The molecule has 1 amide bonds. The Hall–Kier alpha value is -2.02. The number of hydrogen-bond acceptors (Lipinski definition) is 5. The molecule has 1 N–H and O–H groups in total. The lowest BCUT2D eigenvalue weighted by molar-refractivity contribution is -0.119. The van der Waals surface area contributed by atoms with Crippen LogP contribution in [0.2, 0.25) is 0 Å². The Bertz CT molecular complexity index is 765. The number of carbonyl (C=O) groups is 1. The van der Waals surface area contributed by atoms with Crippen LogP contribution in [0.4, 0.5) is 0 Å². The Morgan fingerprint density at radius 1 is 1.29 bits per heavy atom. The Morgan fingerprint density at radius 3 is 2.75 bits per heavy atom. The number of carbonyl (C=O) groups excluding carboxylic acids is 1. The number of nitrogens with zero attached hydrogens (tertiary/aromatic N) is 3. The van der Waals surface area contributed by atoms with E-state index in [-0.39, 0.29) is 12.0 Å². The van der Waals surface area contributed by atoms with Crippen LogP contribution in [0.25, 0.3) is 0 Å². The Balaban J connectivity index is 1.58. The van der Waals surface area contributed by atoms with E-state index in [1.54, 1.807) is 0 Å². The van der Waals surface area contributed by atoms with E-state index in [0.717, 1.165) is 29.7 Å². The number of hydrogen-bond donors (Lipinski definition) is 1. The molecule has 1 saturated carbocycles. The molecule has 0 unspecified atom stereocenters. The Labute approximate surface area is 171 Å². The summed E-state index contributed by atoms with van der Waals surface area (Å²) >= 11 is 1.44. The summed E-state index contributed by atoms with van der Waals surface area (Å²) in [5.74, 6) is 2.56. The highest BCUT2D eigenvalue weighted by Crippen LogP contribution is 2.26. The fourth-order valence-electron chi connectivity index (χ4n) is 3.67. The third-order valence-corrected chi connectivity index (χ3v) is 6.24. The van der Waals surface area contributed by atoms with Gasteiger partial charge in [-0.3, -0.25) is 4.79 Å². The fraction of sp³-hybridized carbons (Fsp3) is 0.571. The van der Waals surface area contributed by atoms with Crippen molar-refractivity contribution in [3.63, 3.8) is 0 Å². The largest absolute Gasteiger partial charge is 0.483 e. The van der Waals surface area contributed by atoms with Gasteiger partial charge < -0.3 is 14.6 Å². The molecule has 7 heteroatoms. The number of aromatic nitrogens is 3. The molecule has 6 nitrogen and oxygen atoms in total. The molecule has 1 aromatic carbocycles. The van der Waals surface area contributed by atoms with Gasteiger partial charge in [-0.15, -0.1) is 10.2 Å². The topological polar surface area (TPSA) is 69.0 Å². The van der Waals surface area contributed by atoms with Crippen molar-refractivity contribution in [2.45, 2.75) is 70.3 Å². The zero-order valence-electron chi connectivity index (χ0n) is 16.9. The minimum atomic E-state index is -0.221. The van der Waals surface area contributed by atoms with E-state index in [0.29, 0.717) is 17.7 Å². The van der Waals surface area contributed by atoms with Gasteiger partial charge in [-0.1, -0.05) is 49.7 Å². The van der Waals surface area contributed by atoms with Gasteiger partial charge in [0.2, 0.25) is 5.91 Å². The van der Waals surface area contributed by atoms with Gasteiger partial charge in [-0.2, -0.15) is 0 Å². The first-order valence-corrected chi connectivity index (χ1v) is 11.1. The number of rotatable bonds is 8. The van der Waals surface area contributed by atoms with Gasteiger partial charge in [0.15, 0.2) is 17.1 Å². The first kappa shape index (κ1) is 20.7. The predicted octanol–water partition coefficient (Wildman–Crippen LogP) is 4.23. The molecule has 28 heavy (non-hydrogen) atoms. The van der Waals surface area contributed by atoms with Gasteiger partial charge in [0.25, 0.3) is 0 Å². The average molecular weight is 403 g/mol. The second-order valence-electron chi connectivity index (χ2n) is 7.38. The molecule has 1 aliphatic rings. The summed E-state index contributed by atoms with van der Waals surface area (Å²) in [6.07, 6.45) is 4.54. The molecule has 0 bridgehead atoms. The molecule has 1 aliphatic carbocycles. The highest BCUT2D eigenvalue weighted by Gasteiger charge is 2.24. The van der Waals surface area contributed by atoms with Gasteiger partial charge in [0.1, 0.15) is 5.75 Å². The van der Waals surface area contributed by atoms with Crippen molar-refractivity contribution in [2.75, 3.05) is 5.75 Å².